The van der Waals surface area contributed by atoms with Gasteiger partial charge in [0.1, 0.15) is 18.7 Å². The molecule has 1 aromatic heterocycles. The topological polar surface area (TPSA) is 51.9 Å². The van der Waals surface area contributed by atoms with Gasteiger partial charge < -0.3 is 14.5 Å². The van der Waals surface area contributed by atoms with Crippen molar-refractivity contribution in [1.82, 2.24) is 14.6 Å². The van der Waals surface area contributed by atoms with Crippen LogP contribution in [0.5, 0.6) is 5.75 Å². The highest BCUT2D eigenvalue weighted by molar-refractivity contribution is 6.02. The second-order valence-corrected chi connectivity index (χ2v) is 4.78. The van der Waals surface area contributed by atoms with Crippen LogP contribution < -0.4 is 4.74 Å². The molecule has 0 unspecified atom stereocenters. The summed E-state index contributed by atoms with van der Waals surface area (Å²) in [6.07, 6.45) is 5.31. The minimum absolute atomic E-state index is 0.504. The third-order valence-corrected chi connectivity index (χ3v) is 2.86. The smallest absolute Gasteiger partial charge is 0.168 e. The van der Waals surface area contributed by atoms with E-state index < -0.39 is 0 Å². The third kappa shape index (κ3) is 4.33. The summed E-state index contributed by atoms with van der Waals surface area (Å²) in [7, 11) is 3.77. The fourth-order valence-electron chi connectivity index (χ4n) is 1.95. The first-order chi connectivity index (χ1) is 10.7. The number of rotatable bonds is 7. The van der Waals surface area contributed by atoms with Crippen LogP contribution in [0.25, 0.3) is 0 Å². The van der Waals surface area contributed by atoms with Crippen molar-refractivity contribution >= 4 is 5.84 Å². The molecule has 1 heterocycles. The average molecular weight is 302 g/mol. The van der Waals surface area contributed by atoms with E-state index in [1.165, 1.54) is 0 Å². The van der Waals surface area contributed by atoms with Crippen LogP contribution in [0.4, 0.5) is 0 Å². The number of ether oxygens (including phenoxy) is 2. The van der Waals surface area contributed by atoms with Crippen molar-refractivity contribution in [3.05, 3.63) is 48.5 Å². The van der Waals surface area contributed by atoms with Crippen molar-refractivity contribution in [3.63, 3.8) is 0 Å². The molecule has 22 heavy (non-hydrogen) atoms. The molecular formula is C16H22N4O2. The molecule has 0 aliphatic heterocycles. The van der Waals surface area contributed by atoms with Crippen LogP contribution >= 0.6 is 0 Å². The zero-order valence-corrected chi connectivity index (χ0v) is 13.3. The van der Waals surface area contributed by atoms with Crippen molar-refractivity contribution in [1.29, 1.82) is 0 Å². The van der Waals surface area contributed by atoms with Gasteiger partial charge in [0.2, 0.25) is 0 Å². The Morgan fingerprint density at radius 2 is 2.09 bits per heavy atom. The average Bonchev–Trinajstić information content (AvgIpc) is 3.04. The van der Waals surface area contributed by atoms with E-state index in [1.54, 1.807) is 17.5 Å². The first-order valence-electron chi connectivity index (χ1n) is 7.26. The van der Waals surface area contributed by atoms with Crippen molar-refractivity contribution in [2.45, 2.75) is 6.92 Å². The lowest BCUT2D eigenvalue weighted by molar-refractivity contribution is 0.110. The molecule has 0 N–H and O–H groups in total. The summed E-state index contributed by atoms with van der Waals surface area (Å²) < 4.78 is 13.0. The summed E-state index contributed by atoms with van der Waals surface area (Å²) in [6, 6.07) is 7.83. The Morgan fingerprint density at radius 3 is 2.77 bits per heavy atom. The van der Waals surface area contributed by atoms with Crippen molar-refractivity contribution in [2.24, 2.45) is 5.10 Å². The van der Waals surface area contributed by atoms with Gasteiger partial charge in [-0.05, 0) is 19.1 Å². The molecule has 2 aromatic rings. The zero-order chi connectivity index (χ0) is 15.8. The predicted molar refractivity (Wildman–Crippen MR) is 86.3 cm³/mol. The van der Waals surface area contributed by atoms with Gasteiger partial charge in [0.05, 0.1) is 12.2 Å². The lowest BCUT2D eigenvalue weighted by Crippen LogP contribution is -2.18. The molecule has 0 bridgehead atoms. The molecule has 6 heteroatoms. The predicted octanol–water partition coefficient (Wildman–Crippen LogP) is 2.07. The van der Waals surface area contributed by atoms with Gasteiger partial charge in [-0.2, -0.15) is 5.10 Å². The van der Waals surface area contributed by atoms with Gasteiger partial charge in [-0.15, -0.1) is 0 Å². The molecule has 2 rings (SSSR count). The Hall–Kier alpha value is -2.34. The van der Waals surface area contributed by atoms with Crippen LogP contribution in [0.1, 0.15) is 12.5 Å². The summed E-state index contributed by atoms with van der Waals surface area (Å²) in [5, 5.41) is 6.31. The number of hydrazone groups is 1. The fourth-order valence-corrected chi connectivity index (χ4v) is 1.95. The van der Waals surface area contributed by atoms with E-state index in [2.05, 4.69) is 10.1 Å². The quantitative estimate of drug-likeness (QED) is 0.340. The van der Waals surface area contributed by atoms with E-state index in [4.69, 9.17) is 9.47 Å². The van der Waals surface area contributed by atoms with E-state index in [0.29, 0.717) is 19.8 Å². The SMILES string of the molecule is CCOCCOc1ccccc1C(=NN(C)C)n1ccnc1. The number of benzene rings is 1. The van der Waals surface area contributed by atoms with Crippen LogP contribution in [0.2, 0.25) is 0 Å². The molecule has 0 saturated heterocycles. The summed E-state index contributed by atoms with van der Waals surface area (Å²) in [5.74, 6) is 1.53. The van der Waals surface area contributed by atoms with Crippen molar-refractivity contribution in [2.75, 3.05) is 33.9 Å². The Labute approximate surface area is 131 Å². The maximum absolute atomic E-state index is 5.84. The standard InChI is InChI=1S/C16H22N4O2/c1-4-21-11-12-22-15-8-6-5-7-14(15)16(18-19(2)3)20-10-9-17-13-20/h5-10,13H,4,11-12H2,1-3H3. The number of imidazole rings is 1. The van der Waals surface area contributed by atoms with E-state index in [0.717, 1.165) is 17.1 Å². The monoisotopic (exact) mass is 302 g/mol. The molecular weight excluding hydrogens is 280 g/mol. The molecule has 6 nitrogen and oxygen atoms in total. The number of para-hydroxylation sites is 1. The van der Waals surface area contributed by atoms with Crippen LogP contribution in [-0.2, 0) is 4.74 Å². The van der Waals surface area contributed by atoms with Crippen molar-refractivity contribution < 1.29 is 9.47 Å². The van der Waals surface area contributed by atoms with E-state index in [-0.39, 0.29) is 0 Å². The summed E-state index contributed by atoms with van der Waals surface area (Å²) in [4.78, 5) is 4.09. The lowest BCUT2D eigenvalue weighted by atomic mass is 10.2. The minimum Gasteiger partial charge on any atom is -0.490 e. The zero-order valence-electron chi connectivity index (χ0n) is 13.3. The molecule has 118 valence electrons. The van der Waals surface area contributed by atoms with Gasteiger partial charge in [0.15, 0.2) is 5.84 Å². The van der Waals surface area contributed by atoms with Gasteiger partial charge in [0.25, 0.3) is 0 Å². The normalized spacial score (nSPS) is 11.5. The van der Waals surface area contributed by atoms with Gasteiger partial charge in [0, 0.05) is 33.1 Å². The number of hydrogen-bond acceptors (Lipinski definition) is 5. The maximum Gasteiger partial charge on any atom is 0.168 e. The fraction of sp³-hybridized carbons (Fsp3) is 0.375. The summed E-state index contributed by atoms with van der Waals surface area (Å²) in [6.45, 7) is 3.72. The number of nitrogens with zero attached hydrogens (tertiary/aromatic N) is 4. The number of hydrogen-bond donors (Lipinski definition) is 0. The van der Waals surface area contributed by atoms with Gasteiger partial charge >= 0.3 is 0 Å². The second kappa shape index (κ2) is 8.19. The molecule has 0 atom stereocenters. The summed E-state index contributed by atoms with van der Waals surface area (Å²) in [5.41, 5.74) is 0.908. The molecule has 1 aromatic carbocycles. The first-order valence-corrected chi connectivity index (χ1v) is 7.26. The molecule has 0 saturated carbocycles. The summed E-state index contributed by atoms with van der Waals surface area (Å²) >= 11 is 0. The number of aromatic nitrogens is 2. The molecule has 0 aliphatic carbocycles. The highest BCUT2D eigenvalue weighted by Gasteiger charge is 2.13. The van der Waals surface area contributed by atoms with Crippen molar-refractivity contribution in [3.8, 4) is 5.75 Å². The van der Waals surface area contributed by atoms with Crippen LogP contribution in [0.3, 0.4) is 0 Å². The molecule has 0 fully saturated rings. The van der Waals surface area contributed by atoms with Gasteiger partial charge in [-0.3, -0.25) is 4.57 Å². The van der Waals surface area contributed by atoms with Crippen LogP contribution in [0, 0.1) is 0 Å². The Balaban J connectivity index is 2.28. The highest BCUT2D eigenvalue weighted by Crippen LogP contribution is 2.20. The van der Waals surface area contributed by atoms with Gasteiger partial charge in [-0.25, -0.2) is 4.98 Å². The molecule has 0 amide bonds. The molecule has 0 spiro atoms. The Bertz CT molecular complexity index is 594. The Morgan fingerprint density at radius 1 is 1.27 bits per heavy atom. The third-order valence-electron chi connectivity index (χ3n) is 2.86. The first kappa shape index (κ1) is 16.0. The van der Waals surface area contributed by atoms with E-state index in [9.17, 15) is 0 Å². The second-order valence-electron chi connectivity index (χ2n) is 4.78. The van der Waals surface area contributed by atoms with Crippen LogP contribution in [-0.4, -0.2) is 54.3 Å². The van der Waals surface area contributed by atoms with E-state index in [1.807, 2.05) is 56.0 Å². The molecule has 0 radical (unpaired) electrons. The van der Waals surface area contributed by atoms with E-state index >= 15 is 0 Å². The maximum atomic E-state index is 5.84. The lowest BCUT2D eigenvalue weighted by Gasteiger charge is -2.15. The minimum atomic E-state index is 0.504. The highest BCUT2D eigenvalue weighted by atomic mass is 16.5. The van der Waals surface area contributed by atoms with Crippen LogP contribution in [0.15, 0.2) is 48.1 Å². The van der Waals surface area contributed by atoms with Gasteiger partial charge in [-0.1, -0.05) is 12.1 Å². The Kier molecular flexibility index (Phi) is 5.97. The molecule has 0 aliphatic rings. The largest absolute Gasteiger partial charge is 0.490 e.